The van der Waals surface area contributed by atoms with Crippen molar-refractivity contribution in [1.29, 1.82) is 0 Å². The lowest BCUT2D eigenvalue weighted by molar-refractivity contribution is -0.110. The van der Waals surface area contributed by atoms with E-state index in [-0.39, 0.29) is 17.9 Å². The van der Waals surface area contributed by atoms with Gasteiger partial charge in [-0.1, -0.05) is 13.8 Å². The minimum atomic E-state index is -2.91. The molecule has 1 amide bonds. The van der Waals surface area contributed by atoms with E-state index in [1.807, 2.05) is 20.8 Å². The van der Waals surface area contributed by atoms with Crippen molar-refractivity contribution in [3.8, 4) is 5.75 Å². The van der Waals surface area contributed by atoms with Gasteiger partial charge in [0.15, 0.2) is 6.61 Å². The molecule has 9 heteroatoms. The van der Waals surface area contributed by atoms with Gasteiger partial charge in [0, 0.05) is 37.2 Å². The number of aldehydes is 1. The van der Waals surface area contributed by atoms with E-state index >= 15 is 0 Å². The van der Waals surface area contributed by atoms with Gasteiger partial charge in [-0.15, -0.1) is 0 Å². The van der Waals surface area contributed by atoms with Crippen molar-refractivity contribution in [1.82, 2.24) is 14.9 Å². The number of fused-ring (bicyclic) bond motifs is 1. The van der Waals surface area contributed by atoms with Crippen LogP contribution in [-0.4, -0.2) is 46.6 Å². The molecular formula is C23H30F2N4O3. The summed E-state index contributed by atoms with van der Waals surface area (Å²) in [5.41, 5.74) is 2.85. The molecule has 1 unspecified atom stereocenters. The summed E-state index contributed by atoms with van der Waals surface area (Å²) in [4.78, 5) is 32.6. The molecule has 1 aliphatic heterocycles. The molecule has 0 bridgehead atoms. The number of nitrogens with one attached hydrogen (secondary N) is 1. The Labute approximate surface area is 187 Å². The van der Waals surface area contributed by atoms with Gasteiger partial charge < -0.3 is 19.7 Å². The van der Waals surface area contributed by atoms with E-state index in [1.54, 1.807) is 37.2 Å². The number of aryl methyl sites for hydroxylation is 1. The molecule has 0 fully saturated rings. The number of ether oxygens (including phenoxy) is 1. The molecule has 0 radical (unpaired) electrons. The summed E-state index contributed by atoms with van der Waals surface area (Å²) in [6.45, 7) is 7.89. The number of amides is 1. The summed E-state index contributed by atoms with van der Waals surface area (Å²) < 4.78 is 31.1. The molecular weight excluding hydrogens is 418 g/mol. The number of pyridine rings is 2. The first-order valence-corrected chi connectivity index (χ1v) is 10.4. The predicted molar refractivity (Wildman–Crippen MR) is 118 cm³/mol. The number of hydrogen-bond acceptors (Lipinski definition) is 6. The Morgan fingerprint density at radius 1 is 1.31 bits per heavy atom. The topological polar surface area (TPSA) is 84.4 Å². The van der Waals surface area contributed by atoms with Crippen molar-refractivity contribution in [2.75, 3.05) is 19.0 Å². The molecule has 174 valence electrons. The van der Waals surface area contributed by atoms with Crippen LogP contribution >= 0.6 is 0 Å². The third-order valence-corrected chi connectivity index (χ3v) is 4.85. The molecule has 0 spiro atoms. The number of halogens is 2. The van der Waals surface area contributed by atoms with Gasteiger partial charge >= 0.3 is 0 Å². The molecule has 0 aromatic carbocycles. The number of nitrogens with zero attached hydrogens (tertiary/aromatic N) is 3. The Balaban J connectivity index is 0.000000654. The number of aromatic nitrogens is 2. The minimum Gasteiger partial charge on any atom is -0.485 e. The Kier molecular flexibility index (Phi) is 8.24. The van der Waals surface area contributed by atoms with Gasteiger partial charge in [0.05, 0.1) is 24.5 Å². The summed E-state index contributed by atoms with van der Waals surface area (Å²) in [6, 6.07) is 3.20. The van der Waals surface area contributed by atoms with Crippen molar-refractivity contribution in [2.45, 2.75) is 53.1 Å². The van der Waals surface area contributed by atoms with Gasteiger partial charge in [-0.05, 0) is 31.5 Å². The highest BCUT2D eigenvalue weighted by atomic mass is 19.3. The SMILES string of the molecule is CC(C)C=O.CNc1nccc2c1CN(C(C)c1cc(C)c(OCC(C)(F)F)cn1)C2=O. The summed E-state index contributed by atoms with van der Waals surface area (Å²) in [7, 11) is 1.77. The molecule has 7 nitrogen and oxygen atoms in total. The van der Waals surface area contributed by atoms with Crippen LogP contribution in [0, 0.1) is 12.8 Å². The number of hydrogen-bond donors (Lipinski definition) is 1. The molecule has 1 atom stereocenters. The van der Waals surface area contributed by atoms with Gasteiger partial charge in [-0.2, -0.15) is 0 Å². The van der Waals surface area contributed by atoms with E-state index < -0.39 is 12.5 Å². The first kappa shape index (κ1) is 25.2. The van der Waals surface area contributed by atoms with Crippen molar-refractivity contribution in [2.24, 2.45) is 5.92 Å². The molecule has 2 aromatic heterocycles. The maximum Gasteiger partial charge on any atom is 0.278 e. The summed E-state index contributed by atoms with van der Waals surface area (Å²) in [5, 5.41) is 3.01. The Hall–Kier alpha value is -3.10. The van der Waals surface area contributed by atoms with E-state index in [0.29, 0.717) is 34.9 Å². The molecule has 0 saturated carbocycles. The van der Waals surface area contributed by atoms with Crippen LogP contribution in [0.25, 0.3) is 0 Å². The summed E-state index contributed by atoms with van der Waals surface area (Å²) >= 11 is 0. The fourth-order valence-corrected chi connectivity index (χ4v) is 3.09. The van der Waals surface area contributed by atoms with Gasteiger partial charge in [0.1, 0.15) is 17.9 Å². The number of anilines is 1. The lowest BCUT2D eigenvalue weighted by atomic mass is 10.1. The van der Waals surface area contributed by atoms with Gasteiger partial charge in [0.25, 0.3) is 11.8 Å². The minimum absolute atomic E-state index is 0.0817. The number of carbonyl (C=O) groups excluding carboxylic acids is 2. The van der Waals surface area contributed by atoms with Gasteiger partial charge in [-0.25, -0.2) is 13.8 Å². The van der Waals surface area contributed by atoms with Crippen molar-refractivity contribution in [3.05, 3.63) is 46.9 Å². The average Bonchev–Trinajstić information content (AvgIpc) is 3.08. The smallest absolute Gasteiger partial charge is 0.278 e. The average molecular weight is 449 g/mol. The zero-order chi connectivity index (χ0) is 24.1. The highest BCUT2D eigenvalue weighted by Crippen LogP contribution is 2.34. The Morgan fingerprint density at radius 3 is 2.50 bits per heavy atom. The number of carbonyl (C=O) groups is 2. The van der Waals surface area contributed by atoms with Crippen molar-refractivity contribution >= 4 is 18.0 Å². The lowest BCUT2D eigenvalue weighted by Crippen LogP contribution is -2.28. The van der Waals surface area contributed by atoms with Crippen LogP contribution in [0.3, 0.4) is 0 Å². The lowest BCUT2D eigenvalue weighted by Gasteiger charge is -2.24. The molecule has 2 aromatic rings. The summed E-state index contributed by atoms with van der Waals surface area (Å²) in [5.74, 6) is -1.79. The van der Waals surface area contributed by atoms with E-state index in [4.69, 9.17) is 4.74 Å². The molecule has 3 heterocycles. The van der Waals surface area contributed by atoms with E-state index in [2.05, 4.69) is 15.3 Å². The third kappa shape index (κ3) is 6.21. The second-order valence-electron chi connectivity index (χ2n) is 8.16. The normalized spacial score (nSPS) is 13.9. The van der Waals surface area contributed by atoms with Crippen molar-refractivity contribution in [3.63, 3.8) is 0 Å². The second-order valence-corrected chi connectivity index (χ2v) is 8.16. The fraction of sp³-hybridized carbons (Fsp3) is 0.478. The maximum atomic E-state index is 13.0. The van der Waals surface area contributed by atoms with E-state index in [1.165, 1.54) is 6.20 Å². The van der Waals surface area contributed by atoms with Crippen LogP contribution in [0.5, 0.6) is 5.75 Å². The van der Waals surface area contributed by atoms with Crippen LogP contribution in [0.4, 0.5) is 14.6 Å². The van der Waals surface area contributed by atoms with Gasteiger partial charge in [-0.3, -0.25) is 9.78 Å². The van der Waals surface area contributed by atoms with Gasteiger partial charge in [0.2, 0.25) is 0 Å². The highest BCUT2D eigenvalue weighted by Gasteiger charge is 2.34. The molecule has 0 saturated heterocycles. The quantitative estimate of drug-likeness (QED) is 0.632. The van der Waals surface area contributed by atoms with Crippen LogP contribution in [0.2, 0.25) is 0 Å². The van der Waals surface area contributed by atoms with Crippen molar-refractivity contribution < 1.29 is 23.1 Å². The van der Waals surface area contributed by atoms with Crippen LogP contribution < -0.4 is 10.1 Å². The van der Waals surface area contributed by atoms with Crippen LogP contribution in [0.1, 0.15) is 60.9 Å². The number of alkyl halides is 2. The van der Waals surface area contributed by atoms with E-state index in [9.17, 15) is 18.4 Å². The highest BCUT2D eigenvalue weighted by molar-refractivity contribution is 5.99. The maximum absolute atomic E-state index is 13.0. The molecule has 1 N–H and O–H groups in total. The monoisotopic (exact) mass is 448 g/mol. The molecule has 3 rings (SSSR count). The second kappa shape index (κ2) is 10.5. The third-order valence-electron chi connectivity index (χ3n) is 4.85. The molecule has 0 aliphatic carbocycles. The van der Waals surface area contributed by atoms with Crippen LogP contribution in [-0.2, 0) is 11.3 Å². The first-order valence-electron chi connectivity index (χ1n) is 10.4. The fourth-order valence-electron chi connectivity index (χ4n) is 3.09. The zero-order valence-electron chi connectivity index (χ0n) is 19.3. The van der Waals surface area contributed by atoms with E-state index in [0.717, 1.165) is 18.8 Å². The van der Waals surface area contributed by atoms with Crippen LogP contribution in [0.15, 0.2) is 24.5 Å². The zero-order valence-corrected chi connectivity index (χ0v) is 19.3. The standard InChI is InChI=1S/C19H22F2N4O2.C4H8O/c1-11-7-15(24-8-16(11)27-10-19(3,20)21)12(2)25-9-14-13(18(25)26)5-6-23-17(14)22-4;1-4(2)3-5/h5-8,12H,9-10H2,1-4H3,(H,22,23);3-4H,1-2H3. The largest absolute Gasteiger partial charge is 0.485 e. The molecule has 1 aliphatic rings. The Bertz CT molecular complexity index is 961. The first-order chi connectivity index (χ1) is 15.0. The number of rotatable bonds is 7. The predicted octanol–water partition coefficient (Wildman–Crippen LogP) is 4.42. The molecule has 32 heavy (non-hydrogen) atoms. The Morgan fingerprint density at radius 2 is 1.97 bits per heavy atom. The summed E-state index contributed by atoms with van der Waals surface area (Å²) in [6.07, 6.45) is 3.95.